The molecular formula is C18H28N2O5. The van der Waals surface area contributed by atoms with Crippen molar-refractivity contribution >= 4 is 5.91 Å². The van der Waals surface area contributed by atoms with E-state index in [0.29, 0.717) is 6.54 Å². The number of ether oxygens (including phenoxy) is 1. The van der Waals surface area contributed by atoms with Gasteiger partial charge in [0.1, 0.15) is 5.75 Å². The van der Waals surface area contributed by atoms with Gasteiger partial charge in [0.05, 0.1) is 38.0 Å². The highest BCUT2D eigenvalue weighted by Crippen LogP contribution is 2.25. The number of likely N-dealkylation sites (tertiary alicyclic amines) is 1. The monoisotopic (exact) mass is 352 g/mol. The van der Waals surface area contributed by atoms with Gasteiger partial charge in [0, 0.05) is 13.5 Å². The second-order valence-corrected chi connectivity index (χ2v) is 6.42. The molecule has 1 heterocycles. The van der Waals surface area contributed by atoms with E-state index in [1.165, 1.54) is 12.5 Å². The average molecular weight is 352 g/mol. The molecule has 1 saturated heterocycles. The number of hydrogen-bond donors (Lipinski definition) is 4. The summed E-state index contributed by atoms with van der Waals surface area (Å²) in [4.78, 5) is 13.1. The smallest absolute Gasteiger partial charge is 0.216 e. The number of benzene rings is 1. The molecule has 7 nitrogen and oxygen atoms in total. The summed E-state index contributed by atoms with van der Waals surface area (Å²) in [5.74, 6) is 0.623. The van der Waals surface area contributed by atoms with Crippen LogP contribution >= 0.6 is 0 Å². The van der Waals surface area contributed by atoms with E-state index in [1.54, 1.807) is 7.11 Å². The third-order valence-electron chi connectivity index (χ3n) is 4.78. The van der Waals surface area contributed by atoms with Gasteiger partial charge >= 0.3 is 0 Å². The van der Waals surface area contributed by atoms with Crippen LogP contribution < -0.4 is 10.1 Å². The van der Waals surface area contributed by atoms with Gasteiger partial charge in [0.15, 0.2) is 0 Å². The molecule has 0 radical (unpaired) electrons. The zero-order valence-corrected chi connectivity index (χ0v) is 14.8. The van der Waals surface area contributed by atoms with E-state index in [9.17, 15) is 20.1 Å². The fourth-order valence-electron chi connectivity index (χ4n) is 3.38. The lowest BCUT2D eigenvalue weighted by atomic mass is 10.1. The SMILES string of the molecule is COc1ccc(CCCN2C(CO)C(O)C(O)C2CNC(C)=O)cc1. The predicted molar refractivity (Wildman–Crippen MR) is 93.4 cm³/mol. The predicted octanol–water partition coefficient (Wildman–Crippen LogP) is -0.469. The second-order valence-electron chi connectivity index (χ2n) is 6.42. The van der Waals surface area contributed by atoms with Crippen LogP contribution in [0.3, 0.4) is 0 Å². The number of aryl methyl sites for hydroxylation is 1. The van der Waals surface area contributed by atoms with Crippen LogP contribution in [0.4, 0.5) is 0 Å². The van der Waals surface area contributed by atoms with Crippen LogP contribution in [-0.4, -0.2) is 77.2 Å². The molecule has 4 atom stereocenters. The molecule has 140 valence electrons. The summed E-state index contributed by atoms with van der Waals surface area (Å²) in [7, 11) is 1.63. The number of aliphatic hydroxyl groups excluding tert-OH is 3. The minimum atomic E-state index is -1.02. The fraction of sp³-hybridized carbons (Fsp3) is 0.611. The second kappa shape index (κ2) is 9.15. The first-order valence-corrected chi connectivity index (χ1v) is 8.58. The molecule has 0 saturated carbocycles. The maximum atomic E-state index is 11.2. The zero-order chi connectivity index (χ0) is 18.4. The molecule has 1 aliphatic heterocycles. The molecule has 1 aromatic rings. The number of nitrogens with zero attached hydrogens (tertiary/aromatic N) is 1. The van der Waals surface area contributed by atoms with Crippen LogP contribution in [0.25, 0.3) is 0 Å². The normalized spacial score (nSPS) is 26.6. The van der Waals surface area contributed by atoms with E-state index < -0.39 is 24.3 Å². The van der Waals surface area contributed by atoms with Crippen molar-refractivity contribution in [2.24, 2.45) is 0 Å². The summed E-state index contributed by atoms with van der Waals surface area (Å²) in [5.41, 5.74) is 1.17. The minimum absolute atomic E-state index is 0.188. The maximum absolute atomic E-state index is 11.2. The topological polar surface area (TPSA) is 102 Å². The van der Waals surface area contributed by atoms with Gasteiger partial charge in [-0.2, -0.15) is 0 Å². The molecule has 0 aromatic heterocycles. The molecule has 0 bridgehead atoms. The van der Waals surface area contributed by atoms with Gasteiger partial charge in [0.2, 0.25) is 5.91 Å². The third-order valence-corrected chi connectivity index (χ3v) is 4.78. The maximum Gasteiger partial charge on any atom is 0.216 e. The number of carbonyl (C=O) groups is 1. The standard InChI is InChI=1S/C18H28N2O5/c1-12(22)19-10-15-17(23)18(24)16(11-21)20(15)9-3-4-13-5-7-14(25-2)8-6-13/h5-8,15-18,21,23-24H,3-4,9-11H2,1-2H3,(H,19,22). The first-order chi connectivity index (χ1) is 12.0. The molecule has 1 amide bonds. The molecule has 4 unspecified atom stereocenters. The van der Waals surface area contributed by atoms with Crippen molar-refractivity contribution in [3.8, 4) is 5.75 Å². The van der Waals surface area contributed by atoms with Gasteiger partial charge in [0.25, 0.3) is 0 Å². The number of amides is 1. The Balaban J connectivity index is 1.95. The first kappa shape index (κ1) is 19.7. The Morgan fingerprint density at radius 3 is 2.40 bits per heavy atom. The van der Waals surface area contributed by atoms with Crippen molar-refractivity contribution in [1.29, 1.82) is 0 Å². The molecule has 7 heteroatoms. The van der Waals surface area contributed by atoms with Gasteiger partial charge in [-0.25, -0.2) is 0 Å². The zero-order valence-electron chi connectivity index (χ0n) is 14.8. The van der Waals surface area contributed by atoms with Crippen LogP contribution in [-0.2, 0) is 11.2 Å². The van der Waals surface area contributed by atoms with Crippen LogP contribution in [0.5, 0.6) is 5.75 Å². The third kappa shape index (κ3) is 4.92. The van der Waals surface area contributed by atoms with Crippen molar-refractivity contribution in [1.82, 2.24) is 10.2 Å². The summed E-state index contributed by atoms with van der Waals surface area (Å²) in [6, 6.07) is 6.90. The number of rotatable bonds is 8. The molecule has 1 aliphatic rings. The fourth-order valence-corrected chi connectivity index (χ4v) is 3.38. The van der Waals surface area contributed by atoms with Gasteiger partial charge in [-0.05, 0) is 37.1 Å². The van der Waals surface area contributed by atoms with Gasteiger partial charge < -0.3 is 25.4 Å². The number of aliphatic hydroxyl groups is 3. The van der Waals surface area contributed by atoms with Crippen molar-refractivity contribution in [2.75, 3.05) is 26.8 Å². The highest BCUT2D eigenvalue weighted by Gasteiger charge is 2.46. The molecule has 1 fully saturated rings. The largest absolute Gasteiger partial charge is 0.497 e. The first-order valence-electron chi connectivity index (χ1n) is 8.58. The van der Waals surface area contributed by atoms with E-state index in [1.807, 2.05) is 29.2 Å². The lowest BCUT2D eigenvalue weighted by Crippen LogP contribution is -2.47. The number of methoxy groups -OCH3 is 1. The highest BCUT2D eigenvalue weighted by atomic mass is 16.5. The van der Waals surface area contributed by atoms with Crippen molar-refractivity contribution in [3.63, 3.8) is 0 Å². The Labute approximate surface area is 148 Å². The minimum Gasteiger partial charge on any atom is -0.497 e. The van der Waals surface area contributed by atoms with E-state index in [0.717, 1.165) is 18.6 Å². The van der Waals surface area contributed by atoms with Crippen LogP contribution in [0.15, 0.2) is 24.3 Å². The number of nitrogens with one attached hydrogen (secondary N) is 1. The molecule has 1 aromatic carbocycles. The molecule has 2 rings (SSSR count). The lowest BCUT2D eigenvalue weighted by Gasteiger charge is -2.29. The average Bonchev–Trinajstić information content (AvgIpc) is 2.83. The van der Waals surface area contributed by atoms with Crippen molar-refractivity contribution < 1.29 is 24.9 Å². The Hall–Kier alpha value is -1.67. The summed E-state index contributed by atoms with van der Waals surface area (Å²) in [6.07, 6.45) is -0.383. The summed E-state index contributed by atoms with van der Waals surface area (Å²) < 4.78 is 5.14. The van der Waals surface area contributed by atoms with E-state index in [4.69, 9.17) is 4.74 Å². The molecule has 0 aliphatic carbocycles. The van der Waals surface area contributed by atoms with E-state index in [-0.39, 0.29) is 19.1 Å². The van der Waals surface area contributed by atoms with Crippen LogP contribution in [0.2, 0.25) is 0 Å². The van der Waals surface area contributed by atoms with Crippen LogP contribution in [0, 0.1) is 0 Å². The number of carbonyl (C=O) groups excluding carboxylic acids is 1. The highest BCUT2D eigenvalue weighted by molar-refractivity contribution is 5.72. The van der Waals surface area contributed by atoms with Crippen molar-refractivity contribution in [2.45, 2.75) is 44.1 Å². The molecule has 4 N–H and O–H groups in total. The van der Waals surface area contributed by atoms with Gasteiger partial charge in [-0.3, -0.25) is 9.69 Å². The Kier molecular flexibility index (Phi) is 7.19. The lowest BCUT2D eigenvalue weighted by molar-refractivity contribution is -0.119. The van der Waals surface area contributed by atoms with Gasteiger partial charge in [-0.1, -0.05) is 12.1 Å². The van der Waals surface area contributed by atoms with Gasteiger partial charge in [-0.15, -0.1) is 0 Å². The number of hydrogen-bond acceptors (Lipinski definition) is 6. The molecule has 0 spiro atoms. The summed E-state index contributed by atoms with van der Waals surface area (Å²) in [5, 5.41) is 32.7. The molecule has 25 heavy (non-hydrogen) atoms. The summed E-state index contributed by atoms with van der Waals surface area (Å²) in [6.45, 7) is 2.02. The Morgan fingerprint density at radius 2 is 1.84 bits per heavy atom. The molecular weight excluding hydrogens is 324 g/mol. The van der Waals surface area contributed by atoms with Crippen LogP contribution in [0.1, 0.15) is 18.9 Å². The van der Waals surface area contributed by atoms with Crippen molar-refractivity contribution in [3.05, 3.63) is 29.8 Å². The quantitative estimate of drug-likeness (QED) is 0.505. The van der Waals surface area contributed by atoms with E-state index >= 15 is 0 Å². The van der Waals surface area contributed by atoms with E-state index in [2.05, 4.69) is 5.32 Å². The Morgan fingerprint density at radius 1 is 1.20 bits per heavy atom. The Bertz CT molecular complexity index is 551. The summed E-state index contributed by atoms with van der Waals surface area (Å²) >= 11 is 0.